The second-order valence-electron chi connectivity index (χ2n) is 20.8. The molecule has 0 bridgehead atoms. The summed E-state index contributed by atoms with van der Waals surface area (Å²) in [7, 11) is 0. The van der Waals surface area contributed by atoms with E-state index in [1.54, 1.807) is 0 Å². The Morgan fingerprint density at radius 2 is 1.11 bits per heavy atom. The highest BCUT2D eigenvalue weighted by Gasteiger charge is 2.28. The maximum absolute atomic E-state index is 5.40. The molecule has 75 heavy (non-hydrogen) atoms. The SMILES string of the molecule is CC1CC(c2ccccc2)=Cc2c1n(-c1ccc(-c3nc(-c4ccc5ccccc5c4)c4ccc5ccccc5c4n3)cc1)c1ccc(-c3ccc4c(c3)c3c(n4-c4ccccc4)CCC(C4=CCCC=C4)=C3)cc21. The minimum Gasteiger partial charge on any atom is -0.313 e. The molecule has 3 heterocycles. The molecule has 3 aromatic heterocycles. The predicted molar refractivity (Wildman–Crippen MR) is 315 cm³/mol. The van der Waals surface area contributed by atoms with Gasteiger partial charge in [0.25, 0.3) is 0 Å². The van der Waals surface area contributed by atoms with Crippen LogP contribution in [0.15, 0.2) is 230 Å². The fourth-order valence-corrected chi connectivity index (χ4v) is 12.7. The molecular formula is C71H52N4. The summed E-state index contributed by atoms with van der Waals surface area (Å²) in [5.74, 6) is 0.987. The fourth-order valence-electron chi connectivity index (χ4n) is 12.7. The maximum atomic E-state index is 5.40. The molecule has 1 atom stereocenters. The topological polar surface area (TPSA) is 35.6 Å². The van der Waals surface area contributed by atoms with Crippen LogP contribution in [0.25, 0.3) is 117 Å². The lowest BCUT2D eigenvalue weighted by atomic mass is 9.84. The summed E-state index contributed by atoms with van der Waals surface area (Å²) >= 11 is 0. The van der Waals surface area contributed by atoms with Crippen LogP contribution < -0.4 is 0 Å². The summed E-state index contributed by atoms with van der Waals surface area (Å²) in [6.07, 6.45) is 17.3. The average Bonchev–Trinajstić information content (AvgIpc) is 4.01. The molecule has 1 unspecified atom stereocenters. The van der Waals surface area contributed by atoms with Gasteiger partial charge in [0.15, 0.2) is 5.82 Å². The number of para-hydroxylation sites is 1. The van der Waals surface area contributed by atoms with Crippen molar-refractivity contribution in [1.29, 1.82) is 0 Å². The largest absolute Gasteiger partial charge is 0.313 e. The van der Waals surface area contributed by atoms with Gasteiger partial charge in [0.2, 0.25) is 0 Å². The highest BCUT2D eigenvalue weighted by atomic mass is 15.0. The zero-order chi connectivity index (χ0) is 49.6. The van der Waals surface area contributed by atoms with Crippen molar-refractivity contribution in [1.82, 2.24) is 19.1 Å². The first-order chi connectivity index (χ1) is 37.1. The molecule has 3 aliphatic carbocycles. The van der Waals surface area contributed by atoms with Crippen LogP contribution in [0.4, 0.5) is 0 Å². The van der Waals surface area contributed by atoms with Gasteiger partial charge in [-0.3, -0.25) is 0 Å². The maximum Gasteiger partial charge on any atom is 0.160 e. The van der Waals surface area contributed by atoms with E-state index in [0.29, 0.717) is 5.82 Å². The molecule has 3 aliphatic rings. The summed E-state index contributed by atoms with van der Waals surface area (Å²) in [5, 5.41) is 8.31. The Balaban J connectivity index is 0.880. The first kappa shape index (κ1) is 43.5. The highest BCUT2D eigenvalue weighted by molar-refractivity contribution is 6.10. The van der Waals surface area contributed by atoms with E-state index in [1.165, 1.54) is 99.6 Å². The van der Waals surface area contributed by atoms with E-state index >= 15 is 0 Å². The normalized spacial score (nSPS) is 15.3. The van der Waals surface area contributed by atoms with Gasteiger partial charge in [0.05, 0.1) is 22.2 Å². The van der Waals surface area contributed by atoms with Crippen molar-refractivity contribution >= 4 is 72.0 Å². The Labute approximate surface area is 436 Å². The zero-order valence-electron chi connectivity index (χ0n) is 41.8. The monoisotopic (exact) mass is 960 g/mol. The molecule has 0 radical (unpaired) electrons. The Hall–Kier alpha value is -9.12. The van der Waals surface area contributed by atoms with Crippen molar-refractivity contribution in [2.75, 3.05) is 0 Å². The Morgan fingerprint density at radius 1 is 0.453 bits per heavy atom. The molecule has 4 nitrogen and oxygen atoms in total. The van der Waals surface area contributed by atoms with Crippen molar-refractivity contribution < 1.29 is 0 Å². The van der Waals surface area contributed by atoms with Gasteiger partial charge < -0.3 is 9.13 Å². The number of fused-ring (bicyclic) bond motifs is 10. The second-order valence-corrected chi connectivity index (χ2v) is 20.8. The zero-order valence-corrected chi connectivity index (χ0v) is 41.8. The van der Waals surface area contributed by atoms with Crippen LogP contribution in [0.1, 0.15) is 66.6 Å². The predicted octanol–water partition coefficient (Wildman–Crippen LogP) is 18.5. The molecule has 0 spiro atoms. The number of benzene rings is 9. The van der Waals surface area contributed by atoms with Crippen molar-refractivity contribution in [2.45, 2.75) is 44.9 Å². The molecule has 4 heteroatoms. The lowest BCUT2D eigenvalue weighted by Gasteiger charge is -2.24. The van der Waals surface area contributed by atoms with Crippen LogP contribution in [-0.4, -0.2) is 19.1 Å². The Kier molecular flexibility index (Phi) is 10.2. The van der Waals surface area contributed by atoms with E-state index in [2.05, 4.69) is 247 Å². The lowest BCUT2D eigenvalue weighted by Crippen LogP contribution is -2.09. The van der Waals surface area contributed by atoms with Gasteiger partial charge >= 0.3 is 0 Å². The van der Waals surface area contributed by atoms with E-state index in [9.17, 15) is 0 Å². The lowest BCUT2D eigenvalue weighted by molar-refractivity contribution is 0.733. The van der Waals surface area contributed by atoms with Crippen LogP contribution in [-0.2, 0) is 6.42 Å². The van der Waals surface area contributed by atoms with Gasteiger partial charge in [0, 0.05) is 72.5 Å². The third-order valence-corrected chi connectivity index (χ3v) is 16.3. The molecule has 0 aliphatic heterocycles. The minimum absolute atomic E-state index is 0.271. The van der Waals surface area contributed by atoms with E-state index in [1.807, 2.05) is 0 Å². The molecular weight excluding hydrogens is 909 g/mol. The summed E-state index contributed by atoms with van der Waals surface area (Å²) < 4.78 is 5.03. The number of hydrogen-bond donors (Lipinski definition) is 0. The van der Waals surface area contributed by atoms with Gasteiger partial charge in [0.1, 0.15) is 0 Å². The van der Waals surface area contributed by atoms with Crippen LogP contribution >= 0.6 is 0 Å². The smallest absolute Gasteiger partial charge is 0.160 e. The number of rotatable bonds is 7. The van der Waals surface area contributed by atoms with Crippen LogP contribution in [0.2, 0.25) is 0 Å². The van der Waals surface area contributed by atoms with Crippen molar-refractivity contribution in [3.05, 3.63) is 258 Å². The highest BCUT2D eigenvalue weighted by Crippen LogP contribution is 2.46. The summed E-state index contributed by atoms with van der Waals surface area (Å²) in [4.78, 5) is 10.8. The van der Waals surface area contributed by atoms with Crippen LogP contribution in [0.3, 0.4) is 0 Å². The molecule has 0 N–H and O–H groups in total. The average molecular weight is 961 g/mol. The second kappa shape index (κ2) is 17.5. The number of nitrogens with zero attached hydrogens (tertiary/aromatic N) is 4. The van der Waals surface area contributed by atoms with E-state index in [0.717, 1.165) is 70.9 Å². The van der Waals surface area contributed by atoms with Crippen LogP contribution in [0, 0.1) is 0 Å². The van der Waals surface area contributed by atoms with Gasteiger partial charge in [-0.25, -0.2) is 9.97 Å². The Bertz CT molecular complexity index is 4430. The molecule has 356 valence electrons. The molecule has 0 fully saturated rings. The molecule has 0 saturated carbocycles. The van der Waals surface area contributed by atoms with E-state index in [4.69, 9.17) is 9.97 Å². The summed E-state index contributed by atoms with van der Waals surface area (Å²) in [6, 6.07) is 73.3. The van der Waals surface area contributed by atoms with Crippen molar-refractivity contribution in [2.24, 2.45) is 0 Å². The van der Waals surface area contributed by atoms with Gasteiger partial charge in [-0.2, -0.15) is 0 Å². The van der Waals surface area contributed by atoms with Crippen molar-refractivity contribution in [3.8, 4) is 45.1 Å². The van der Waals surface area contributed by atoms with Crippen molar-refractivity contribution in [3.63, 3.8) is 0 Å². The first-order valence-electron chi connectivity index (χ1n) is 26.6. The third-order valence-electron chi connectivity index (χ3n) is 16.3. The molecule has 0 saturated heterocycles. The fraction of sp³-hybridized carbons (Fsp3) is 0.0986. The minimum atomic E-state index is 0.271. The summed E-state index contributed by atoms with van der Waals surface area (Å²) in [5.41, 5.74) is 22.1. The molecule has 15 rings (SSSR count). The molecule has 12 aromatic rings. The third kappa shape index (κ3) is 7.27. The van der Waals surface area contributed by atoms with Gasteiger partial charge in [-0.05, 0) is 167 Å². The van der Waals surface area contributed by atoms with Gasteiger partial charge in [-0.1, -0.05) is 153 Å². The number of allylic oxidation sites excluding steroid dienone is 6. The molecule has 0 amide bonds. The standard InChI is InChI=1S/C71H52N4/c1-45-39-56(47-17-7-3-8-18-47)44-64-63-43-54(53-31-37-66-62(42-53)61-41-52(46-15-5-2-6-16-46)30-36-65(61)74(66)57-22-9-4-10-23-57)32-38-67(63)75(70(45)64)58-33-27-50(28-34-58)71-72-68(55-26-25-48-19-11-12-21-51(48)40-55)60-35-29-49-20-13-14-24-59(49)69(60)73-71/h3-5,7-29,31-35,37-38,40-45H,2,6,30,36,39H2,1H3. The number of aromatic nitrogens is 4. The van der Waals surface area contributed by atoms with E-state index < -0.39 is 0 Å². The van der Waals surface area contributed by atoms with Crippen LogP contribution in [0.5, 0.6) is 0 Å². The Morgan fingerprint density at radius 3 is 1.89 bits per heavy atom. The summed E-state index contributed by atoms with van der Waals surface area (Å²) in [6.45, 7) is 2.40. The van der Waals surface area contributed by atoms with E-state index in [-0.39, 0.29) is 5.92 Å². The number of hydrogen-bond acceptors (Lipinski definition) is 2. The first-order valence-corrected chi connectivity index (χ1v) is 26.6. The quantitative estimate of drug-likeness (QED) is 0.149. The molecule has 9 aromatic carbocycles. The van der Waals surface area contributed by atoms with Gasteiger partial charge in [-0.15, -0.1) is 0 Å².